The fraction of sp³-hybridized carbons (Fsp3) is 0. The third-order valence-electron chi connectivity index (χ3n) is 1.54. The molecule has 0 saturated carbocycles. The first-order valence-electron chi connectivity index (χ1n) is 3.44. The van der Waals surface area contributed by atoms with Gasteiger partial charge in [0.1, 0.15) is 0 Å². The molecule has 0 aliphatic carbocycles. The Bertz CT molecular complexity index is 480. The molecule has 1 unspecified atom stereocenters. The number of nitrogens with zero attached hydrogens (tertiary/aromatic N) is 1. The van der Waals surface area contributed by atoms with Gasteiger partial charge in [0.25, 0.3) is 0 Å². The Morgan fingerprint density at radius 3 is 3.00 bits per heavy atom. The summed E-state index contributed by atoms with van der Waals surface area (Å²) in [5.41, 5.74) is 6.89. The van der Waals surface area contributed by atoms with Crippen LogP contribution in [0, 0.1) is 0 Å². The largest absolute Gasteiger partial charge is 0.399 e. The number of hydrogen-bond acceptors (Lipinski definition) is 4. The first kappa shape index (κ1) is 8.61. The zero-order valence-corrected chi connectivity index (χ0v) is 8.06. The number of hydrogen-bond donors (Lipinski definition) is 2. The Labute approximate surface area is 80.7 Å². The maximum absolute atomic E-state index is 10.7. The number of fused-ring (bicyclic) bond motifs is 1. The number of anilines is 1. The van der Waals surface area contributed by atoms with Crippen LogP contribution in [0.2, 0.25) is 0 Å². The van der Waals surface area contributed by atoms with Crippen LogP contribution >= 0.6 is 11.3 Å². The Kier molecular flexibility index (Phi) is 2.03. The summed E-state index contributed by atoms with van der Waals surface area (Å²) in [6, 6.07) is 5.19. The fourth-order valence-electron chi connectivity index (χ4n) is 0.995. The predicted octanol–water partition coefficient (Wildman–Crippen LogP) is 1.46. The highest BCUT2D eigenvalue weighted by Gasteiger charge is 2.07. The van der Waals surface area contributed by atoms with Gasteiger partial charge in [-0.15, -0.1) is 11.3 Å². The summed E-state index contributed by atoms with van der Waals surface area (Å²) < 4.78 is 20.5. The lowest BCUT2D eigenvalue weighted by molar-refractivity contribution is 0.564. The summed E-state index contributed by atoms with van der Waals surface area (Å²) in [7, 11) is 0. The first-order chi connectivity index (χ1) is 6.16. The van der Waals surface area contributed by atoms with Crippen LogP contribution in [-0.2, 0) is 11.1 Å². The number of aromatic nitrogens is 1. The van der Waals surface area contributed by atoms with Crippen molar-refractivity contribution in [3.8, 4) is 0 Å². The van der Waals surface area contributed by atoms with Gasteiger partial charge in [-0.05, 0) is 18.2 Å². The van der Waals surface area contributed by atoms with Crippen molar-refractivity contribution in [1.29, 1.82) is 0 Å². The van der Waals surface area contributed by atoms with Gasteiger partial charge in [0, 0.05) is 5.69 Å². The van der Waals surface area contributed by atoms with Gasteiger partial charge in [-0.1, -0.05) is 0 Å². The van der Waals surface area contributed by atoms with Crippen molar-refractivity contribution in [2.45, 2.75) is 4.34 Å². The second kappa shape index (κ2) is 3.06. The Balaban J connectivity index is 2.68. The predicted molar refractivity (Wildman–Crippen MR) is 53.1 cm³/mol. The topological polar surface area (TPSA) is 76.2 Å². The number of nitrogen functional groups attached to an aromatic ring is 1. The standard InChI is InChI=1S/C7H6N2O2S2/c8-4-1-2-5-6(3-4)12-7(9-5)13(10)11/h1-3H,8H2,(H,10,11). The zero-order chi connectivity index (χ0) is 9.42. The zero-order valence-electron chi connectivity index (χ0n) is 6.43. The molecule has 4 nitrogen and oxygen atoms in total. The normalized spacial score (nSPS) is 13.3. The molecule has 1 heterocycles. The monoisotopic (exact) mass is 214 g/mol. The van der Waals surface area contributed by atoms with E-state index >= 15 is 0 Å². The molecular formula is C7H6N2O2S2. The molecule has 2 aromatic rings. The lowest BCUT2D eigenvalue weighted by atomic mass is 10.3. The molecule has 0 aliphatic heterocycles. The molecule has 0 fully saturated rings. The van der Waals surface area contributed by atoms with Gasteiger partial charge in [0.15, 0.2) is 0 Å². The SMILES string of the molecule is Nc1ccc2nc(S(=O)O)sc2c1. The van der Waals surface area contributed by atoms with Gasteiger partial charge in [0.05, 0.1) is 10.2 Å². The average molecular weight is 214 g/mol. The van der Waals surface area contributed by atoms with E-state index in [9.17, 15) is 4.21 Å². The van der Waals surface area contributed by atoms with Crippen molar-refractivity contribution >= 4 is 38.3 Å². The molecule has 2 rings (SSSR count). The van der Waals surface area contributed by atoms with Crippen LogP contribution in [0.15, 0.2) is 22.5 Å². The highest BCUT2D eigenvalue weighted by atomic mass is 32.2. The smallest absolute Gasteiger partial charge is 0.216 e. The molecule has 6 heteroatoms. The molecule has 0 aliphatic rings. The van der Waals surface area contributed by atoms with Crippen molar-refractivity contribution in [1.82, 2.24) is 4.98 Å². The maximum atomic E-state index is 10.7. The van der Waals surface area contributed by atoms with E-state index in [0.717, 1.165) is 4.70 Å². The third kappa shape index (κ3) is 1.55. The molecule has 0 saturated heterocycles. The van der Waals surface area contributed by atoms with E-state index in [0.29, 0.717) is 11.2 Å². The summed E-state index contributed by atoms with van der Waals surface area (Å²) in [4.78, 5) is 3.97. The van der Waals surface area contributed by atoms with E-state index < -0.39 is 11.1 Å². The molecule has 0 spiro atoms. The number of nitrogens with two attached hydrogens (primary N) is 1. The average Bonchev–Trinajstić information content (AvgIpc) is 2.46. The number of rotatable bonds is 1. The van der Waals surface area contributed by atoms with E-state index in [4.69, 9.17) is 10.3 Å². The van der Waals surface area contributed by atoms with Gasteiger partial charge in [-0.3, -0.25) is 0 Å². The number of thiazole rings is 1. The molecule has 0 amide bonds. The van der Waals surface area contributed by atoms with Crippen LogP contribution < -0.4 is 5.73 Å². The Morgan fingerprint density at radius 1 is 1.54 bits per heavy atom. The lowest BCUT2D eigenvalue weighted by Crippen LogP contribution is -1.84. The molecule has 0 bridgehead atoms. The molecule has 1 aromatic carbocycles. The van der Waals surface area contributed by atoms with Crippen molar-refractivity contribution in [3.63, 3.8) is 0 Å². The van der Waals surface area contributed by atoms with Crippen molar-refractivity contribution in [2.75, 3.05) is 5.73 Å². The minimum atomic E-state index is -2.00. The highest BCUT2D eigenvalue weighted by Crippen LogP contribution is 2.25. The molecule has 0 radical (unpaired) electrons. The summed E-state index contributed by atoms with van der Waals surface area (Å²) in [5.74, 6) is 0. The molecule has 1 aromatic heterocycles. The third-order valence-corrected chi connectivity index (χ3v) is 3.42. The van der Waals surface area contributed by atoms with Gasteiger partial charge < -0.3 is 10.3 Å². The molecule has 1 atom stereocenters. The van der Waals surface area contributed by atoms with E-state index in [1.807, 2.05) is 0 Å². The minimum absolute atomic E-state index is 0.209. The summed E-state index contributed by atoms with van der Waals surface area (Å²) in [5, 5.41) is 0. The van der Waals surface area contributed by atoms with Gasteiger partial charge >= 0.3 is 0 Å². The first-order valence-corrected chi connectivity index (χ1v) is 5.36. The molecule has 3 N–H and O–H groups in total. The van der Waals surface area contributed by atoms with E-state index in [1.54, 1.807) is 18.2 Å². The molecule has 68 valence electrons. The van der Waals surface area contributed by atoms with Crippen molar-refractivity contribution in [3.05, 3.63) is 18.2 Å². The van der Waals surface area contributed by atoms with Crippen LogP contribution in [0.5, 0.6) is 0 Å². The Morgan fingerprint density at radius 2 is 2.31 bits per heavy atom. The molecule has 13 heavy (non-hydrogen) atoms. The number of benzene rings is 1. The summed E-state index contributed by atoms with van der Waals surface area (Å²) in [6.07, 6.45) is 0. The maximum Gasteiger partial charge on any atom is 0.216 e. The van der Waals surface area contributed by atoms with Gasteiger partial charge in [0.2, 0.25) is 15.4 Å². The lowest BCUT2D eigenvalue weighted by Gasteiger charge is -1.88. The minimum Gasteiger partial charge on any atom is -0.399 e. The van der Waals surface area contributed by atoms with Crippen molar-refractivity contribution < 1.29 is 8.76 Å². The summed E-state index contributed by atoms with van der Waals surface area (Å²) >= 11 is -0.823. The summed E-state index contributed by atoms with van der Waals surface area (Å²) in [6.45, 7) is 0. The van der Waals surface area contributed by atoms with Crippen LogP contribution in [0.25, 0.3) is 10.2 Å². The van der Waals surface area contributed by atoms with Gasteiger partial charge in [-0.2, -0.15) is 0 Å². The van der Waals surface area contributed by atoms with Crippen LogP contribution in [0.3, 0.4) is 0 Å². The fourth-order valence-corrected chi connectivity index (χ4v) is 2.47. The van der Waals surface area contributed by atoms with E-state index in [2.05, 4.69) is 4.98 Å². The van der Waals surface area contributed by atoms with Crippen LogP contribution in [-0.4, -0.2) is 13.7 Å². The van der Waals surface area contributed by atoms with Crippen LogP contribution in [0.1, 0.15) is 0 Å². The Hall–Kier alpha value is -0.980. The second-order valence-electron chi connectivity index (χ2n) is 2.46. The van der Waals surface area contributed by atoms with E-state index in [-0.39, 0.29) is 4.34 Å². The van der Waals surface area contributed by atoms with Crippen LogP contribution in [0.4, 0.5) is 5.69 Å². The molecular weight excluding hydrogens is 208 g/mol. The van der Waals surface area contributed by atoms with Crippen molar-refractivity contribution in [2.24, 2.45) is 0 Å². The second-order valence-corrected chi connectivity index (χ2v) is 4.63. The quantitative estimate of drug-likeness (QED) is 0.556. The van der Waals surface area contributed by atoms with Gasteiger partial charge in [-0.25, -0.2) is 9.19 Å². The highest BCUT2D eigenvalue weighted by molar-refractivity contribution is 7.81. The van der Waals surface area contributed by atoms with E-state index in [1.165, 1.54) is 11.3 Å².